The van der Waals surface area contributed by atoms with E-state index >= 15 is 0 Å². The van der Waals surface area contributed by atoms with Crippen LogP contribution in [0, 0.1) is 0 Å². The molecule has 0 unspecified atom stereocenters. The van der Waals surface area contributed by atoms with Crippen LogP contribution in [0.2, 0.25) is 0 Å². The molecule has 0 saturated carbocycles. The van der Waals surface area contributed by atoms with Crippen LogP contribution in [0.5, 0.6) is 0 Å². The van der Waals surface area contributed by atoms with E-state index < -0.39 is 0 Å². The Hall–Kier alpha value is -0.160. The van der Waals surface area contributed by atoms with Gasteiger partial charge in [0.15, 0.2) is 0 Å². The summed E-state index contributed by atoms with van der Waals surface area (Å²) in [5, 5.41) is 7.60. The van der Waals surface area contributed by atoms with Crippen molar-refractivity contribution in [3.8, 4) is 0 Å². The Morgan fingerprint density at radius 1 is 1.83 bits per heavy atom. The molecule has 0 aliphatic carbocycles. The summed E-state index contributed by atoms with van der Waals surface area (Å²) in [5.41, 5.74) is 1.35. The second-order valence-electron chi connectivity index (χ2n) is 0.581. The molecule has 0 rings (SSSR count). The van der Waals surface area contributed by atoms with Gasteiger partial charge in [-0.3, -0.25) is 5.21 Å². The molecule has 38 valence electrons. The lowest BCUT2D eigenvalue weighted by Crippen LogP contribution is -2.07. The Labute approximate surface area is 35.5 Å². The van der Waals surface area contributed by atoms with Gasteiger partial charge >= 0.3 is 0 Å². The zero-order valence-electron chi connectivity index (χ0n) is 3.47. The molecule has 0 aromatic rings. The topological polar surface area (TPSA) is 50.7 Å². The summed E-state index contributed by atoms with van der Waals surface area (Å²) in [6.45, 7) is 2.14. The summed E-state index contributed by atoms with van der Waals surface area (Å²) in [4.78, 5) is 7.91. The number of hydrogen-bond donors (Lipinski definition) is 2. The van der Waals surface area contributed by atoms with Crippen molar-refractivity contribution in [1.29, 1.82) is 0 Å². The molecule has 6 heavy (non-hydrogen) atoms. The van der Waals surface area contributed by atoms with Crippen LogP contribution in [0.3, 0.4) is 0 Å². The molecule has 0 aromatic carbocycles. The van der Waals surface area contributed by atoms with Crippen molar-refractivity contribution in [3.63, 3.8) is 0 Å². The third-order valence-electron chi connectivity index (χ3n) is 0.214. The van der Waals surface area contributed by atoms with Gasteiger partial charge in [-0.2, -0.15) is 0 Å². The van der Waals surface area contributed by atoms with Crippen LogP contribution in [0.15, 0.2) is 0 Å². The molecule has 0 radical (unpaired) electrons. The van der Waals surface area contributed by atoms with Crippen molar-refractivity contribution in [2.24, 2.45) is 0 Å². The van der Waals surface area contributed by atoms with Crippen LogP contribution < -0.4 is 5.64 Å². The zero-order valence-corrected chi connectivity index (χ0v) is 3.47. The Bertz CT molecular complexity index is 20.8. The van der Waals surface area contributed by atoms with Crippen LogP contribution in [0.1, 0.15) is 6.92 Å². The van der Waals surface area contributed by atoms with Gasteiger partial charge in [-0.25, -0.2) is 4.89 Å². The second-order valence-corrected chi connectivity index (χ2v) is 0.581. The van der Waals surface area contributed by atoms with Gasteiger partial charge in [0.2, 0.25) is 0 Å². The molecular formula is C2H7NO3. The van der Waals surface area contributed by atoms with Crippen LogP contribution in [0.25, 0.3) is 0 Å². The van der Waals surface area contributed by atoms with Gasteiger partial charge in [-0.15, -0.1) is 4.99 Å². The molecule has 4 nitrogen and oxygen atoms in total. The van der Waals surface area contributed by atoms with E-state index in [0.717, 1.165) is 0 Å². The van der Waals surface area contributed by atoms with E-state index in [-0.39, 0.29) is 0 Å². The molecular weight excluding hydrogens is 86.0 g/mol. The minimum atomic E-state index is 0.410. The predicted octanol–water partition coefficient (Wildman–Crippen LogP) is -0.152. The molecule has 2 N–H and O–H groups in total. The first-order valence-corrected chi connectivity index (χ1v) is 1.59. The summed E-state index contributed by atoms with van der Waals surface area (Å²) in [5.74, 6) is 0. The van der Waals surface area contributed by atoms with E-state index in [2.05, 4.69) is 9.88 Å². The van der Waals surface area contributed by atoms with E-state index in [1.54, 1.807) is 6.92 Å². The molecule has 0 bridgehead atoms. The average molecular weight is 93.1 g/mol. The van der Waals surface area contributed by atoms with Crippen molar-refractivity contribution < 1.29 is 15.1 Å². The highest BCUT2D eigenvalue weighted by Crippen LogP contribution is 1.64. The van der Waals surface area contributed by atoms with Gasteiger partial charge in [0.1, 0.15) is 0 Å². The largest absolute Gasteiger partial charge is 0.290 e. The maximum absolute atomic E-state index is 7.60. The fourth-order valence-corrected chi connectivity index (χ4v) is 0.0853. The quantitative estimate of drug-likeness (QED) is 0.289. The molecule has 0 atom stereocenters. The van der Waals surface area contributed by atoms with E-state index in [1.165, 1.54) is 5.64 Å². The smallest absolute Gasteiger partial charge is 0.0815 e. The summed E-state index contributed by atoms with van der Waals surface area (Å²) < 4.78 is 0. The fourth-order valence-electron chi connectivity index (χ4n) is 0.0853. The van der Waals surface area contributed by atoms with Gasteiger partial charge in [-0.1, -0.05) is 0 Å². The number of nitrogens with one attached hydrogen (secondary N) is 1. The predicted molar refractivity (Wildman–Crippen MR) is 17.6 cm³/mol. The van der Waals surface area contributed by atoms with E-state index in [9.17, 15) is 0 Å². The maximum atomic E-state index is 7.60. The summed E-state index contributed by atoms with van der Waals surface area (Å²) in [6.07, 6.45) is 0. The second kappa shape index (κ2) is 4.84. The van der Waals surface area contributed by atoms with Crippen LogP contribution in [-0.4, -0.2) is 11.8 Å². The van der Waals surface area contributed by atoms with Crippen molar-refractivity contribution >= 4 is 0 Å². The van der Waals surface area contributed by atoms with Gasteiger partial charge < -0.3 is 0 Å². The first kappa shape index (κ1) is 5.84. The standard InChI is InChI=1S/C2H7NO3/c1-2-5-6-3-4/h3-4H,2H2,1H3. The molecule has 0 amide bonds. The van der Waals surface area contributed by atoms with E-state index in [1.807, 2.05) is 0 Å². The molecule has 0 aliphatic rings. The minimum Gasteiger partial charge on any atom is -0.290 e. The lowest BCUT2D eigenvalue weighted by molar-refractivity contribution is -0.387. The minimum absolute atomic E-state index is 0.410. The van der Waals surface area contributed by atoms with E-state index in [4.69, 9.17) is 5.21 Å². The Morgan fingerprint density at radius 3 is 2.67 bits per heavy atom. The first-order chi connectivity index (χ1) is 2.91. The number of rotatable bonds is 3. The SMILES string of the molecule is CCOONO. The third kappa shape index (κ3) is 3.84. The molecule has 0 aliphatic heterocycles. The average Bonchev–Trinajstić information content (AvgIpc) is 1.61. The van der Waals surface area contributed by atoms with Gasteiger partial charge in [0, 0.05) is 0 Å². The summed E-state index contributed by atoms with van der Waals surface area (Å²) in [6, 6.07) is 0. The zero-order chi connectivity index (χ0) is 4.83. The van der Waals surface area contributed by atoms with Crippen molar-refractivity contribution in [2.75, 3.05) is 6.61 Å². The molecule has 0 fully saturated rings. The summed E-state index contributed by atoms with van der Waals surface area (Å²) >= 11 is 0. The normalized spacial score (nSPS) is 9.00. The third-order valence-corrected chi connectivity index (χ3v) is 0.214. The van der Waals surface area contributed by atoms with E-state index in [0.29, 0.717) is 6.61 Å². The highest BCUT2D eigenvalue weighted by atomic mass is 17.3. The molecule has 0 saturated heterocycles. The van der Waals surface area contributed by atoms with Gasteiger partial charge in [0.05, 0.1) is 6.61 Å². The highest BCUT2D eigenvalue weighted by Gasteiger charge is 1.71. The molecule has 4 heteroatoms. The van der Waals surface area contributed by atoms with Crippen LogP contribution in [0.4, 0.5) is 0 Å². The Balaban J connectivity index is 2.34. The summed E-state index contributed by atoms with van der Waals surface area (Å²) in [7, 11) is 0. The Morgan fingerprint density at radius 2 is 2.50 bits per heavy atom. The Kier molecular flexibility index (Phi) is 4.71. The lowest BCUT2D eigenvalue weighted by atomic mass is 10.9. The molecule has 0 aromatic heterocycles. The molecule has 0 heterocycles. The maximum Gasteiger partial charge on any atom is 0.0815 e. The van der Waals surface area contributed by atoms with Crippen molar-refractivity contribution in [3.05, 3.63) is 0 Å². The van der Waals surface area contributed by atoms with Crippen LogP contribution in [-0.2, 0) is 9.88 Å². The van der Waals surface area contributed by atoms with Crippen LogP contribution >= 0.6 is 0 Å². The monoisotopic (exact) mass is 93.0 g/mol. The van der Waals surface area contributed by atoms with Crippen molar-refractivity contribution in [1.82, 2.24) is 5.64 Å². The highest BCUT2D eigenvalue weighted by molar-refractivity contribution is 3.90. The fraction of sp³-hybridized carbons (Fsp3) is 1.00. The van der Waals surface area contributed by atoms with Gasteiger partial charge in [0.25, 0.3) is 0 Å². The van der Waals surface area contributed by atoms with Crippen molar-refractivity contribution in [2.45, 2.75) is 6.92 Å². The first-order valence-electron chi connectivity index (χ1n) is 1.59. The molecule has 0 spiro atoms. The van der Waals surface area contributed by atoms with Gasteiger partial charge in [-0.05, 0) is 12.6 Å². The number of hydrogen-bond acceptors (Lipinski definition) is 4. The lowest BCUT2D eigenvalue weighted by Gasteiger charge is -1.91.